The topological polar surface area (TPSA) is 40.9 Å². The van der Waals surface area contributed by atoms with Crippen molar-refractivity contribution in [1.29, 1.82) is 5.26 Å². The maximum absolute atomic E-state index is 12.5. The van der Waals surface area contributed by atoms with Crippen LogP contribution >= 0.6 is 23.2 Å². The normalized spacial score (nSPS) is 29.4. The Balaban J connectivity index is 1.83. The van der Waals surface area contributed by atoms with Gasteiger partial charge in [0.1, 0.15) is 5.92 Å². The molecule has 2 nitrogen and oxygen atoms in total. The molecule has 0 radical (unpaired) electrons. The zero-order valence-corrected chi connectivity index (χ0v) is 11.8. The van der Waals surface area contributed by atoms with E-state index in [0.29, 0.717) is 15.6 Å². The highest BCUT2D eigenvalue weighted by Gasteiger charge is 2.49. The highest BCUT2D eigenvalue weighted by atomic mass is 35.5. The van der Waals surface area contributed by atoms with E-state index in [-0.39, 0.29) is 11.7 Å². The maximum atomic E-state index is 12.5. The Labute approximate surface area is 122 Å². The fraction of sp³-hybridized carbons (Fsp3) is 0.467. The second kappa shape index (κ2) is 4.81. The van der Waals surface area contributed by atoms with Gasteiger partial charge in [-0.25, -0.2) is 0 Å². The highest BCUT2D eigenvalue weighted by molar-refractivity contribution is 6.35. The lowest BCUT2D eigenvalue weighted by molar-refractivity contribution is -0.123. The number of nitriles is 1. The van der Waals surface area contributed by atoms with Crippen LogP contribution in [0.2, 0.25) is 10.0 Å². The molecule has 0 heterocycles. The van der Waals surface area contributed by atoms with Crippen LogP contribution in [0.5, 0.6) is 0 Å². The van der Waals surface area contributed by atoms with Gasteiger partial charge in [0.15, 0.2) is 5.78 Å². The second-order valence-electron chi connectivity index (χ2n) is 5.55. The molecule has 3 atom stereocenters. The van der Waals surface area contributed by atoms with E-state index in [1.807, 2.05) is 0 Å². The summed E-state index contributed by atoms with van der Waals surface area (Å²) >= 11 is 11.9. The monoisotopic (exact) mass is 293 g/mol. The number of ketones is 1. The van der Waals surface area contributed by atoms with E-state index >= 15 is 0 Å². The van der Waals surface area contributed by atoms with Crippen molar-refractivity contribution in [3.63, 3.8) is 0 Å². The summed E-state index contributed by atoms with van der Waals surface area (Å²) in [6.07, 6.45) is 3.17. The molecule has 0 aliphatic heterocycles. The molecule has 2 fully saturated rings. The molecule has 2 saturated carbocycles. The molecular formula is C15H13Cl2NO. The Bertz CT molecular complexity index is 568. The summed E-state index contributed by atoms with van der Waals surface area (Å²) in [5.41, 5.74) is 0.583. The van der Waals surface area contributed by atoms with E-state index in [0.717, 1.165) is 24.7 Å². The van der Waals surface area contributed by atoms with Crippen LogP contribution in [-0.2, 0) is 4.79 Å². The molecule has 0 saturated heterocycles. The van der Waals surface area contributed by atoms with Gasteiger partial charge in [-0.3, -0.25) is 4.79 Å². The zero-order valence-electron chi connectivity index (χ0n) is 10.3. The first kappa shape index (κ1) is 13.0. The Morgan fingerprint density at radius 1 is 1.26 bits per heavy atom. The third kappa shape index (κ3) is 2.38. The Morgan fingerprint density at radius 2 is 1.95 bits per heavy atom. The van der Waals surface area contributed by atoms with Gasteiger partial charge in [-0.15, -0.1) is 0 Å². The zero-order chi connectivity index (χ0) is 13.6. The Morgan fingerprint density at radius 3 is 2.53 bits per heavy atom. The van der Waals surface area contributed by atoms with Gasteiger partial charge >= 0.3 is 0 Å². The lowest BCUT2D eigenvalue weighted by Gasteiger charge is -2.16. The molecule has 98 valence electrons. The third-order valence-corrected chi connectivity index (χ3v) is 4.90. The number of fused-ring (bicyclic) bond motifs is 1. The van der Waals surface area contributed by atoms with Crippen LogP contribution < -0.4 is 0 Å². The number of hydrogen-bond donors (Lipinski definition) is 0. The Hall–Kier alpha value is -1.04. The van der Waals surface area contributed by atoms with Gasteiger partial charge in [0.2, 0.25) is 0 Å². The van der Waals surface area contributed by atoms with Crippen LogP contribution in [0.3, 0.4) is 0 Å². The highest BCUT2D eigenvalue weighted by Crippen LogP contribution is 2.55. The minimum Gasteiger partial charge on any atom is -0.298 e. The number of Topliss-reactive ketones (excluding diaryl/α,β-unsaturated/α-hetero) is 1. The van der Waals surface area contributed by atoms with Gasteiger partial charge in [-0.2, -0.15) is 5.26 Å². The Kier molecular flexibility index (Phi) is 3.28. The quantitative estimate of drug-likeness (QED) is 0.837. The molecule has 1 aromatic rings. The average molecular weight is 294 g/mol. The van der Waals surface area contributed by atoms with E-state index < -0.39 is 5.92 Å². The predicted molar refractivity (Wildman–Crippen MR) is 74.1 cm³/mol. The van der Waals surface area contributed by atoms with Crippen molar-refractivity contribution >= 4 is 29.0 Å². The molecule has 4 heteroatoms. The van der Waals surface area contributed by atoms with E-state index in [1.54, 1.807) is 18.2 Å². The lowest BCUT2D eigenvalue weighted by atomic mass is 9.86. The van der Waals surface area contributed by atoms with E-state index in [1.165, 1.54) is 6.42 Å². The number of carbonyl (C=O) groups is 1. The summed E-state index contributed by atoms with van der Waals surface area (Å²) < 4.78 is 0. The van der Waals surface area contributed by atoms with Crippen molar-refractivity contribution < 1.29 is 4.79 Å². The first-order valence-corrected chi connectivity index (χ1v) is 7.24. The van der Waals surface area contributed by atoms with E-state index in [9.17, 15) is 10.1 Å². The van der Waals surface area contributed by atoms with Gasteiger partial charge in [0.05, 0.1) is 6.07 Å². The number of rotatable bonds is 3. The van der Waals surface area contributed by atoms with Gasteiger partial charge in [-0.05, 0) is 48.8 Å². The first-order valence-electron chi connectivity index (χ1n) is 6.48. The van der Waals surface area contributed by atoms with Gasteiger partial charge in [0.25, 0.3) is 0 Å². The number of hydrogen-bond acceptors (Lipinski definition) is 2. The maximum Gasteiger partial charge on any atom is 0.157 e. The summed E-state index contributed by atoms with van der Waals surface area (Å²) in [6, 6.07) is 7.05. The molecule has 0 spiro atoms. The fourth-order valence-electron chi connectivity index (χ4n) is 3.20. The molecule has 0 bridgehead atoms. The van der Waals surface area contributed by atoms with E-state index in [2.05, 4.69) is 6.07 Å². The molecule has 0 N–H and O–H groups in total. The van der Waals surface area contributed by atoms with Crippen LogP contribution in [-0.4, -0.2) is 5.78 Å². The number of nitrogens with zero attached hydrogens (tertiary/aromatic N) is 1. The fourth-order valence-corrected chi connectivity index (χ4v) is 3.72. The average Bonchev–Trinajstić information content (AvgIpc) is 2.99. The van der Waals surface area contributed by atoms with Crippen molar-refractivity contribution in [2.75, 3.05) is 0 Å². The van der Waals surface area contributed by atoms with Gasteiger partial charge in [-0.1, -0.05) is 29.3 Å². The molecule has 2 aliphatic carbocycles. The number of carbonyl (C=O) groups excluding carboxylic acids is 1. The summed E-state index contributed by atoms with van der Waals surface area (Å²) in [6.45, 7) is 0. The largest absolute Gasteiger partial charge is 0.298 e. The van der Waals surface area contributed by atoms with E-state index in [4.69, 9.17) is 23.2 Å². The SMILES string of the molecule is N#CC(C(=O)C1CC2CC2C1)c1ccc(Cl)cc1Cl. The van der Waals surface area contributed by atoms with Gasteiger partial charge in [0, 0.05) is 16.0 Å². The van der Waals surface area contributed by atoms with Crippen LogP contribution in [0.15, 0.2) is 18.2 Å². The summed E-state index contributed by atoms with van der Waals surface area (Å²) in [4.78, 5) is 12.5. The molecule has 19 heavy (non-hydrogen) atoms. The van der Waals surface area contributed by atoms with Crippen LogP contribution in [0, 0.1) is 29.1 Å². The summed E-state index contributed by atoms with van der Waals surface area (Å²) in [5.74, 6) is 0.772. The summed E-state index contributed by atoms with van der Waals surface area (Å²) in [5, 5.41) is 10.2. The standard InChI is InChI=1S/C15H13Cl2NO/c16-11-1-2-12(14(17)6-11)13(7-18)15(19)10-4-8-3-9(8)5-10/h1-2,6,8-10,13H,3-5H2. The van der Waals surface area contributed by atoms with Crippen molar-refractivity contribution in [2.45, 2.75) is 25.2 Å². The van der Waals surface area contributed by atoms with Crippen molar-refractivity contribution in [2.24, 2.45) is 17.8 Å². The van der Waals surface area contributed by atoms with Crippen LogP contribution in [0.1, 0.15) is 30.7 Å². The second-order valence-corrected chi connectivity index (χ2v) is 6.40. The molecule has 3 rings (SSSR count). The first-order chi connectivity index (χ1) is 9.10. The lowest BCUT2D eigenvalue weighted by Crippen LogP contribution is -2.20. The molecule has 1 aromatic carbocycles. The van der Waals surface area contributed by atoms with Crippen molar-refractivity contribution in [1.82, 2.24) is 0 Å². The molecular weight excluding hydrogens is 281 g/mol. The predicted octanol–water partition coefficient (Wildman–Crippen LogP) is 4.22. The van der Waals surface area contributed by atoms with Crippen LogP contribution in [0.25, 0.3) is 0 Å². The van der Waals surface area contributed by atoms with Crippen molar-refractivity contribution in [3.8, 4) is 6.07 Å². The number of benzene rings is 1. The van der Waals surface area contributed by atoms with Crippen molar-refractivity contribution in [3.05, 3.63) is 33.8 Å². The van der Waals surface area contributed by atoms with Gasteiger partial charge < -0.3 is 0 Å². The minimum absolute atomic E-state index is 0.0268. The minimum atomic E-state index is -0.757. The number of halogens is 2. The molecule has 0 amide bonds. The molecule has 3 unspecified atom stereocenters. The third-order valence-electron chi connectivity index (χ3n) is 4.33. The molecule has 0 aromatic heterocycles. The smallest absolute Gasteiger partial charge is 0.157 e. The molecule has 2 aliphatic rings. The van der Waals surface area contributed by atoms with Crippen LogP contribution in [0.4, 0.5) is 0 Å². The summed E-state index contributed by atoms with van der Waals surface area (Å²) in [7, 11) is 0.